The maximum absolute atomic E-state index is 14.0. The van der Waals surface area contributed by atoms with Crippen molar-refractivity contribution in [3.05, 3.63) is 130 Å². The van der Waals surface area contributed by atoms with Crippen LogP contribution in [0.3, 0.4) is 0 Å². The largest absolute Gasteiger partial charge is 0.508 e. The summed E-state index contributed by atoms with van der Waals surface area (Å²) in [7, 11) is 0. The highest BCUT2D eigenvalue weighted by Gasteiger charge is 2.43. The number of amides is 1. The fraction of sp³-hybridized carbons (Fsp3) is 0.250. The van der Waals surface area contributed by atoms with Crippen molar-refractivity contribution in [2.24, 2.45) is 11.8 Å². The summed E-state index contributed by atoms with van der Waals surface area (Å²) in [5.41, 5.74) is 2.22. The number of fused-ring (bicyclic) bond motifs is 1. The van der Waals surface area contributed by atoms with Gasteiger partial charge in [-0.25, -0.2) is 0 Å². The lowest BCUT2D eigenvalue weighted by atomic mass is 9.97. The molecule has 1 aliphatic carbocycles. The van der Waals surface area contributed by atoms with Crippen molar-refractivity contribution >= 4 is 5.91 Å². The lowest BCUT2D eigenvalue weighted by Gasteiger charge is -2.44. The van der Waals surface area contributed by atoms with Crippen LogP contribution in [0.5, 0.6) is 11.5 Å². The zero-order valence-corrected chi connectivity index (χ0v) is 22.0. The second-order valence-corrected chi connectivity index (χ2v) is 10.4. The van der Waals surface area contributed by atoms with E-state index in [4.69, 9.17) is 4.74 Å². The minimum Gasteiger partial charge on any atom is -0.508 e. The molecule has 3 aromatic carbocycles. The van der Waals surface area contributed by atoms with Gasteiger partial charge in [-0.3, -0.25) is 19.3 Å². The number of rotatable bonds is 9. The quantitative estimate of drug-likeness (QED) is 0.336. The van der Waals surface area contributed by atoms with E-state index >= 15 is 0 Å². The average Bonchev–Trinajstić information content (AvgIpc) is 3.75. The zero-order chi connectivity index (χ0) is 27.6. The van der Waals surface area contributed by atoms with Crippen molar-refractivity contribution < 1.29 is 19.7 Å². The van der Waals surface area contributed by atoms with Crippen LogP contribution in [-0.2, 0) is 6.61 Å². The van der Waals surface area contributed by atoms with Crippen molar-refractivity contribution in [3.8, 4) is 11.5 Å². The van der Waals surface area contributed by atoms with E-state index in [2.05, 4.69) is 0 Å². The van der Waals surface area contributed by atoms with Crippen molar-refractivity contribution in [2.45, 2.75) is 19.1 Å². The molecule has 4 aromatic rings. The summed E-state index contributed by atoms with van der Waals surface area (Å²) in [6, 6.07) is 27.4. The van der Waals surface area contributed by atoms with Crippen molar-refractivity contribution in [1.82, 2.24) is 9.58 Å². The Morgan fingerprint density at radius 2 is 1.57 bits per heavy atom. The smallest absolute Gasteiger partial charge is 0.277 e. The van der Waals surface area contributed by atoms with E-state index in [1.165, 1.54) is 6.07 Å². The number of carbonyl (C=O) groups excluding carboxylic acids is 1. The molecular formula is C32H31N3O5. The third-order valence-electron chi connectivity index (χ3n) is 7.75. The Morgan fingerprint density at radius 3 is 2.27 bits per heavy atom. The molecule has 0 spiro atoms. The highest BCUT2D eigenvalue weighted by molar-refractivity contribution is 5.96. The summed E-state index contributed by atoms with van der Waals surface area (Å²) in [6.45, 7) is 0.888. The number of aromatic nitrogens is 1. The number of aliphatic hydroxyl groups excluding tert-OH is 1. The molecular weight excluding hydrogens is 506 g/mol. The minimum absolute atomic E-state index is 0.00958. The summed E-state index contributed by atoms with van der Waals surface area (Å²) in [5.74, 6) is 0.171. The maximum atomic E-state index is 14.0. The molecule has 0 radical (unpaired) electrons. The fourth-order valence-electron chi connectivity index (χ4n) is 5.50. The van der Waals surface area contributed by atoms with Gasteiger partial charge in [0.25, 0.3) is 5.91 Å². The molecule has 1 aliphatic heterocycles. The van der Waals surface area contributed by atoms with E-state index in [0.29, 0.717) is 12.1 Å². The molecule has 1 amide bonds. The Morgan fingerprint density at radius 1 is 0.875 bits per heavy atom. The van der Waals surface area contributed by atoms with Crippen LogP contribution in [0.15, 0.2) is 102 Å². The first-order valence-corrected chi connectivity index (χ1v) is 13.5. The third-order valence-corrected chi connectivity index (χ3v) is 7.75. The van der Waals surface area contributed by atoms with Crippen LogP contribution in [0, 0.1) is 11.8 Å². The summed E-state index contributed by atoms with van der Waals surface area (Å²) < 4.78 is 7.76. The van der Waals surface area contributed by atoms with Crippen LogP contribution in [0.1, 0.15) is 39.6 Å². The number of aromatic hydroxyl groups is 1. The van der Waals surface area contributed by atoms with E-state index in [1.807, 2.05) is 77.8 Å². The molecule has 1 aromatic heterocycles. The van der Waals surface area contributed by atoms with Gasteiger partial charge in [-0.15, -0.1) is 0 Å². The molecule has 1 fully saturated rings. The Balaban J connectivity index is 1.48. The Bertz CT molecular complexity index is 1560. The van der Waals surface area contributed by atoms with Gasteiger partial charge in [-0.1, -0.05) is 78.9 Å². The molecule has 3 atom stereocenters. The second-order valence-electron chi connectivity index (χ2n) is 10.4. The molecule has 8 heteroatoms. The molecule has 2 heterocycles. The number of hydrogen-bond donors (Lipinski definition) is 2. The van der Waals surface area contributed by atoms with Gasteiger partial charge in [-0.2, -0.15) is 0 Å². The first kappa shape index (κ1) is 25.7. The van der Waals surface area contributed by atoms with Gasteiger partial charge in [0.15, 0.2) is 11.4 Å². The Hall–Kier alpha value is -4.56. The number of phenolic OH excluding ortho intramolecular Hbond substituents is 1. The van der Waals surface area contributed by atoms with Crippen molar-refractivity contribution in [2.75, 3.05) is 24.8 Å². The predicted octanol–water partition coefficient (Wildman–Crippen LogP) is 3.90. The molecule has 40 heavy (non-hydrogen) atoms. The Kier molecular flexibility index (Phi) is 7.00. The predicted molar refractivity (Wildman–Crippen MR) is 151 cm³/mol. The van der Waals surface area contributed by atoms with Gasteiger partial charge in [0.05, 0.1) is 0 Å². The number of nitrogens with zero attached hydrogens (tertiary/aromatic N) is 3. The molecule has 204 valence electrons. The van der Waals surface area contributed by atoms with Crippen molar-refractivity contribution in [1.29, 1.82) is 0 Å². The number of aliphatic hydroxyl groups is 1. The van der Waals surface area contributed by atoms with E-state index in [9.17, 15) is 19.8 Å². The summed E-state index contributed by atoms with van der Waals surface area (Å²) in [6.07, 6.45) is 2.45. The molecule has 1 saturated carbocycles. The highest BCUT2D eigenvalue weighted by Crippen LogP contribution is 2.41. The van der Waals surface area contributed by atoms with Gasteiger partial charge < -0.3 is 19.8 Å². The number of para-hydroxylation sites is 1. The SMILES string of the molecule is O=C1c2c(OCc3ccccc3)c(=O)ccn2N(C(c2ccccc2)c2ccccc2O)CN1CC1CC1CO. The first-order chi connectivity index (χ1) is 19.5. The number of carbonyl (C=O) groups is 1. The monoisotopic (exact) mass is 537 g/mol. The van der Waals surface area contributed by atoms with Gasteiger partial charge in [0.1, 0.15) is 25.1 Å². The zero-order valence-electron chi connectivity index (χ0n) is 22.0. The lowest BCUT2D eigenvalue weighted by molar-refractivity contribution is 0.0661. The van der Waals surface area contributed by atoms with Gasteiger partial charge >= 0.3 is 0 Å². The van der Waals surface area contributed by atoms with Gasteiger partial charge in [0.2, 0.25) is 5.43 Å². The maximum Gasteiger partial charge on any atom is 0.277 e. The number of hydrogen-bond acceptors (Lipinski definition) is 6. The summed E-state index contributed by atoms with van der Waals surface area (Å²) in [4.78, 5) is 28.9. The Labute approximate surface area is 232 Å². The molecule has 3 unspecified atom stereocenters. The van der Waals surface area contributed by atoms with Gasteiger partial charge in [0, 0.05) is 31.0 Å². The number of phenols is 1. The topological polar surface area (TPSA) is 95.2 Å². The lowest BCUT2D eigenvalue weighted by Crippen LogP contribution is -2.56. The molecule has 2 aliphatic rings. The van der Waals surface area contributed by atoms with Crippen LogP contribution < -0.4 is 15.2 Å². The van der Waals surface area contributed by atoms with E-state index in [-0.39, 0.29) is 60.2 Å². The van der Waals surface area contributed by atoms with E-state index in [0.717, 1.165) is 17.5 Å². The van der Waals surface area contributed by atoms with E-state index < -0.39 is 6.04 Å². The van der Waals surface area contributed by atoms with Crippen LogP contribution in [-0.4, -0.2) is 45.5 Å². The van der Waals surface area contributed by atoms with Crippen LogP contribution >= 0.6 is 0 Å². The standard InChI is InChI=1S/C32H31N3O5/c36-19-25-17-24(25)18-33-21-35(29(23-11-5-2-6-12-23)26-13-7-8-14-27(26)37)34-16-15-28(38)31(30(34)32(33)39)40-20-22-9-3-1-4-10-22/h1-16,24-25,29,36-37H,17-21H2. The second kappa shape index (κ2) is 10.9. The normalized spacial score (nSPS) is 18.8. The van der Waals surface area contributed by atoms with Gasteiger partial charge in [-0.05, 0) is 35.4 Å². The molecule has 8 nitrogen and oxygen atoms in total. The van der Waals surface area contributed by atoms with Crippen LogP contribution in [0.25, 0.3) is 0 Å². The molecule has 0 bridgehead atoms. The van der Waals surface area contributed by atoms with Crippen LogP contribution in [0.2, 0.25) is 0 Å². The van der Waals surface area contributed by atoms with Crippen LogP contribution in [0.4, 0.5) is 0 Å². The first-order valence-electron chi connectivity index (χ1n) is 13.5. The summed E-state index contributed by atoms with van der Waals surface area (Å²) >= 11 is 0. The van der Waals surface area contributed by atoms with Crippen molar-refractivity contribution in [3.63, 3.8) is 0 Å². The molecule has 6 rings (SSSR count). The summed E-state index contributed by atoms with van der Waals surface area (Å²) in [5, 5.41) is 22.6. The fourth-order valence-corrected chi connectivity index (χ4v) is 5.50. The van der Waals surface area contributed by atoms with E-state index in [1.54, 1.807) is 27.9 Å². The highest BCUT2D eigenvalue weighted by atomic mass is 16.5. The number of benzene rings is 3. The number of ether oxygens (including phenoxy) is 1. The third kappa shape index (κ3) is 4.94. The molecule has 2 N–H and O–H groups in total. The minimum atomic E-state index is -0.478. The average molecular weight is 538 g/mol. The molecule has 0 saturated heterocycles. The number of pyridine rings is 1.